The molecule has 0 saturated carbocycles. The van der Waals surface area contributed by atoms with E-state index in [1.54, 1.807) is 6.92 Å². The molecule has 1 fully saturated rings. The van der Waals surface area contributed by atoms with E-state index in [0.717, 1.165) is 19.4 Å². The highest BCUT2D eigenvalue weighted by molar-refractivity contribution is 7.91. The van der Waals surface area contributed by atoms with Gasteiger partial charge in [-0.1, -0.05) is 12.1 Å². The minimum absolute atomic E-state index is 0.0399. The number of hydrogen-bond donors (Lipinski definition) is 2. The first kappa shape index (κ1) is 14.2. The quantitative estimate of drug-likeness (QED) is 0.312. The van der Waals surface area contributed by atoms with Crippen molar-refractivity contribution in [3.63, 3.8) is 0 Å². The minimum Gasteiger partial charge on any atom is -0.409 e. The van der Waals surface area contributed by atoms with Crippen molar-refractivity contribution in [2.75, 3.05) is 31.1 Å². The summed E-state index contributed by atoms with van der Waals surface area (Å²) in [6.45, 7) is 3.75. The van der Waals surface area contributed by atoms with Gasteiger partial charge in [0.15, 0.2) is 9.84 Å². The standard InChI is InChI=1S/C10H21N3O3S/c1-2-17(15,16)7-6-13-5-3-4-9(8-13)10(11)12-14/h9,14H,2-8H2,1H3,(H2,11,12). The van der Waals surface area contributed by atoms with Crippen molar-refractivity contribution in [1.82, 2.24) is 4.90 Å². The maximum Gasteiger partial charge on any atom is 0.151 e. The summed E-state index contributed by atoms with van der Waals surface area (Å²) in [4.78, 5) is 2.07. The van der Waals surface area contributed by atoms with Crippen molar-refractivity contribution in [1.29, 1.82) is 0 Å². The van der Waals surface area contributed by atoms with Crippen molar-refractivity contribution in [2.24, 2.45) is 16.8 Å². The van der Waals surface area contributed by atoms with Crippen molar-refractivity contribution in [2.45, 2.75) is 19.8 Å². The van der Waals surface area contributed by atoms with E-state index < -0.39 is 9.84 Å². The molecule has 1 aliphatic rings. The lowest BCUT2D eigenvalue weighted by Crippen LogP contribution is -2.43. The van der Waals surface area contributed by atoms with E-state index in [1.807, 2.05) is 0 Å². The number of nitrogens with zero attached hydrogens (tertiary/aromatic N) is 2. The Labute approximate surface area is 102 Å². The Morgan fingerprint density at radius 3 is 2.88 bits per heavy atom. The summed E-state index contributed by atoms with van der Waals surface area (Å²) in [7, 11) is -2.91. The third-order valence-corrected chi connectivity index (χ3v) is 4.88. The first-order chi connectivity index (χ1) is 7.98. The Bertz CT molecular complexity index is 367. The van der Waals surface area contributed by atoms with Gasteiger partial charge in [-0.3, -0.25) is 0 Å². The van der Waals surface area contributed by atoms with Crippen LogP contribution in [0.25, 0.3) is 0 Å². The van der Waals surface area contributed by atoms with E-state index in [0.29, 0.717) is 13.1 Å². The normalized spacial score (nSPS) is 23.8. The van der Waals surface area contributed by atoms with Crippen LogP contribution >= 0.6 is 0 Å². The number of likely N-dealkylation sites (tertiary alicyclic amines) is 1. The van der Waals surface area contributed by atoms with Gasteiger partial charge in [0.05, 0.1) is 5.75 Å². The monoisotopic (exact) mass is 263 g/mol. The maximum atomic E-state index is 11.4. The van der Waals surface area contributed by atoms with Gasteiger partial charge in [0.2, 0.25) is 0 Å². The molecule has 1 heterocycles. The highest BCUT2D eigenvalue weighted by Gasteiger charge is 2.23. The Kier molecular flexibility index (Phi) is 5.20. The van der Waals surface area contributed by atoms with Crippen LogP contribution in [-0.4, -0.2) is 55.5 Å². The Balaban J connectivity index is 2.45. The first-order valence-electron chi connectivity index (χ1n) is 5.88. The largest absolute Gasteiger partial charge is 0.409 e. The number of hydrogen-bond acceptors (Lipinski definition) is 5. The van der Waals surface area contributed by atoms with Gasteiger partial charge in [-0.05, 0) is 19.4 Å². The average Bonchev–Trinajstić information content (AvgIpc) is 2.36. The van der Waals surface area contributed by atoms with Crippen LogP contribution in [0.1, 0.15) is 19.8 Å². The average molecular weight is 263 g/mol. The number of piperidine rings is 1. The van der Waals surface area contributed by atoms with Gasteiger partial charge in [0.1, 0.15) is 5.84 Å². The fourth-order valence-electron chi connectivity index (χ4n) is 1.99. The molecular weight excluding hydrogens is 242 g/mol. The molecule has 3 N–H and O–H groups in total. The second kappa shape index (κ2) is 6.20. The molecule has 0 radical (unpaired) electrons. The molecule has 0 aromatic heterocycles. The lowest BCUT2D eigenvalue weighted by atomic mass is 9.97. The van der Waals surface area contributed by atoms with Gasteiger partial charge in [-0.15, -0.1) is 0 Å². The molecule has 0 aromatic carbocycles. The van der Waals surface area contributed by atoms with E-state index in [-0.39, 0.29) is 23.3 Å². The number of rotatable bonds is 5. The molecule has 6 nitrogen and oxygen atoms in total. The van der Waals surface area contributed by atoms with Crippen LogP contribution in [0.15, 0.2) is 5.16 Å². The molecule has 0 amide bonds. The molecule has 0 aliphatic carbocycles. The summed E-state index contributed by atoms with van der Waals surface area (Å²) in [6, 6.07) is 0. The molecule has 1 rings (SSSR count). The molecule has 1 aliphatic heterocycles. The van der Waals surface area contributed by atoms with Gasteiger partial charge in [-0.2, -0.15) is 0 Å². The number of oxime groups is 1. The molecule has 17 heavy (non-hydrogen) atoms. The van der Waals surface area contributed by atoms with Crippen LogP contribution in [0, 0.1) is 5.92 Å². The number of sulfone groups is 1. The van der Waals surface area contributed by atoms with Gasteiger partial charge in [0.25, 0.3) is 0 Å². The summed E-state index contributed by atoms with van der Waals surface area (Å²) in [5.41, 5.74) is 5.57. The predicted molar refractivity (Wildman–Crippen MR) is 66.9 cm³/mol. The summed E-state index contributed by atoms with van der Waals surface area (Å²) < 4.78 is 22.8. The zero-order chi connectivity index (χ0) is 12.9. The lowest BCUT2D eigenvalue weighted by molar-refractivity contribution is 0.210. The number of amidine groups is 1. The van der Waals surface area contributed by atoms with E-state index in [1.165, 1.54) is 0 Å². The van der Waals surface area contributed by atoms with Crippen molar-refractivity contribution in [3.05, 3.63) is 0 Å². The van der Waals surface area contributed by atoms with E-state index in [9.17, 15) is 8.42 Å². The fraction of sp³-hybridized carbons (Fsp3) is 0.900. The zero-order valence-electron chi connectivity index (χ0n) is 10.2. The maximum absolute atomic E-state index is 11.4. The Hall–Kier alpha value is -0.820. The second-order valence-corrected chi connectivity index (χ2v) is 6.87. The van der Waals surface area contributed by atoms with Gasteiger partial charge in [0, 0.05) is 24.8 Å². The summed E-state index contributed by atoms with van der Waals surface area (Å²) >= 11 is 0. The lowest BCUT2D eigenvalue weighted by Gasteiger charge is -2.31. The van der Waals surface area contributed by atoms with Crippen LogP contribution < -0.4 is 5.73 Å². The smallest absolute Gasteiger partial charge is 0.151 e. The molecule has 0 aromatic rings. The van der Waals surface area contributed by atoms with Gasteiger partial charge < -0.3 is 15.8 Å². The van der Waals surface area contributed by atoms with Crippen molar-refractivity contribution >= 4 is 15.7 Å². The molecule has 1 unspecified atom stereocenters. The summed E-state index contributed by atoms with van der Waals surface area (Å²) in [5.74, 6) is 0.655. The predicted octanol–water partition coefficient (Wildman–Crippen LogP) is -0.120. The van der Waals surface area contributed by atoms with Crippen LogP contribution in [0.2, 0.25) is 0 Å². The molecule has 100 valence electrons. The third-order valence-electron chi connectivity index (χ3n) is 3.20. The summed E-state index contributed by atoms with van der Waals surface area (Å²) in [6.07, 6.45) is 1.85. The molecule has 1 saturated heterocycles. The van der Waals surface area contributed by atoms with E-state index in [2.05, 4.69) is 10.1 Å². The van der Waals surface area contributed by atoms with Gasteiger partial charge in [-0.25, -0.2) is 8.42 Å². The van der Waals surface area contributed by atoms with Gasteiger partial charge >= 0.3 is 0 Å². The van der Waals surface area contributed by atoms with E-state index in [4.69, 9.17) is 10.9 Å². The molecule has 0 spiro atoms. The molecule has 7 heteroatoms. The van der Waals surface area contributed by atoms with Crippen LogP contribution in [-0.2, 0) is 9.84 Å². The van der Waals surface area contributed by atoms with Crippen LogP contribution in [0.5, 0.6) is 0 Å². The molecular formula is C10H21N3O3S. The van der Waals surface area contributed by atoms with Crippen LogP contribution in [0.4, 0.5) is 0 Å². The first-order valence-corrected chi connectivity index (χ1v) is 7.71. The van der Waals surface area contributed by atoms with Crippen molar-refractivity contribution in [3.8, 4) is 0 Å². The van der Waals surface area contributed by atoms with E-state index >= 15 is 0 Å². The minimum atomic E-state index is -2.91. The van der Waals surface area contributed by atoms with Crippen LogP contribution in [0.3, 0.4) is 0 Å². The Morgan fingerprint density at radius 2 is 2.29 bits per heavy atom. The highest BCUT2D eigenvalue weighted by Crippen LogP contribution is 2.16. The zero-order valence-corrected chi connectivity index (χ0v) is 11.0. The topological polar surface area (TPSA) is 96.0 Å². The highest BCUT2D eigenvalue weighted by atomic mass is 32.2. The molecule has 1 atom stereocenters. The second-order valence-electron chi connectivity index (χ2n) is 4.40. The molecule has 0 bridgehead atoms. The number of nitrogens with two attached hydrogens (primary N) is 1. The third kappa shape index (κ3) is 4.51. The van der Waals surface area contributed by atoms with Crippen molar-refractivity contribution < 1.29 is 13.6 Å². The Morgan fingerprint density at radius 1 is 1.59 bits per heavy atom. The summed E-state index contributed by atoms with van der Waals surface area (Å²) in [5, 5.41) is 11.6. The SMILES string of the molecule is CCS(=O)(=O)CCN1CCCC(C(N)=NO)C1. The fourth-order valence-corrected chi connectivity index (χ4v) is 2.82.